The first-order chi connectivity index (χ1) is 5.52. The molecule has 3 N–H and O–H groups in total. The SMILES string of the molecule is Nc1c(Br)cc(Cl)nc1C(=O)O. The maximum atomic E-state index is 10.5. The Kier molecular flexibility index (Phi) is 2.54. The Hall–Kier alpha value is -0.810. The Morgan fingerprint density at radius 3 is 2.83 bits per heavy atom. The Bertz CT molecular complexity index is 343. The third-order valence-corrected chi connectivity index (χ3v) is 2.03. The number of nitrogens with zero attached hydrogens (tertiary/aromatic N) is 1. The molecule has 0 aliphatic rings. The van der Waals surface area contributed by atoms with E-state index in [-0.39, 0.29) is 16.5 Å². The van der Waals surface area contributed by atoms with Crippen molar-refractivity contribution in [3.8, 4) is 0 Å². The Morgan fingerprint density at radius 2 is 2.33 bits per heavy atom. The number of carboxylic acid groups (broad SMARTS) is 1. The van der Waals surface area contributed by atoms with Gasteiger partial charge >= 0.3 is 5.97 Å². The Balaban J connectivity index is 3.37. The van der Waals surface area contributed by atoms with Gasteiger partial charge in [0.2, 0.25) is 0 Å². The second-order valence-corrected chi connectivity index (χ2v) is 3.24. The van der Waals surface area contributed by atoms with E-state index in [0.29, 0.717) is 4.47 Å². The van der Waals surface area contributed by atoms with Crippen molar-refractivity contribution in [2.45, 2.75) is 0 Å². The van der Waals surface area contributed by atoms with Crippen molar-refractivity contribution in [1.82, 2.24) is 4.98 Å². The average Bonchev–Trinajstić information content (AvgIpc) is 1.96. The van der Waals surface area contributed by atoms with E-state index in [1.807, 2.05) is 0 Å². The number of carbonyl (C=O) groups is 1. The molecule has 12 heavy (non-hydrogen) atoms. The van der Waals surface area contributed by atoms with Gasteiger partial charge < -0.3 is 10.8 Å². The zero-order valence-electron chi connectivity index (χ0n) is 5.71. The number of aromatic nitrogens is 1. The minimum Gasteiger partial charge on any atom is -0.476 e. The van der Waals surface area contributed by atoms with Gasteiger partial charge in [-0.3, -0.25) is 0 Å². The molecule has 1 aromatic rings. The fraction of sp³-hybridized carbons (Fsp3) is 0. The molecule has 0 saturated carbocycles. The van der Waals surface area contributed by atoms with E-state index in [9.17, 15) is 4.79 Å². The van der Waals surface area contributed by atoms with Crippen molar-refractivity contribution in [3.05, 3.63) is 21.4 Å². The number of hydrogen-bond donors (Lipinski definition) is 2. The number of anilines is 1. The van der Waals surface area contributed by atoms with Gasteiger partial charge in [0.1, 0.15) is 5.15 Å². The Labute approximate surface area is 81.5 Å². The highest BCUT2D eigenvalue weighted by atomic mass is 79.9. The molecule has 0 aliphatic heterocycles. The molecule has 6 heteroatoms. The second kappa shape index (κ2) is 3.28. The van der Waals surface area contributed by atoms with Gasteiger partial charge in [-0.2, -0.15) is 0 Å². The summed E-state index contributed by atoms with van der Waals surface area (Å²) in [4.78, 5) is 14.0. The zero-order valence-corrected chi connectivity index (χ0v) is 8.06. The minimum atomic E-state index is -1.20. The number of carboxylic acids is 1. The molecule has 0 radical (unpaired) electrons. The highest BCUT2D eigenvalue weighted by Gasteiger charge is 2.13. The maximum Gasteiger partial charge on any atom is 0.356 e. The Morgan fingerprint density at radius 1 is 1.75 bits per heavy atom. The number of hydrogen-bond acceptors (Lipinski definition) is 3. The summed E-state index contributed by atoms with van der Waals surface area (Å²) in [6, 6.07) is 1.43. The van der Waals surface area contributed by atoms with Crippen LogP contribution in [-0.4, -0.2) is 16.1 Å². The predicted molar refractivity (Wildman–Crippen MR) is 48.3 cm³/mol. The van der Waals surface area contributed by atoms with E-state index in [4.69, 9.17) is 22.4 Å². The fourth-order valence-electron chi connectivity index (χ4n) is 0.658. The summed E-state index contributed by atoms with van der Waals surface area (Å²) in [5, 5.41) is 8.68. The van der Waals surface area contributed by atoms with Crippen LogP contribution in [0, 0.1) is 0 Å². The largest absolute Gasteiger partial charge is 0.476 e. The lowest BCUT2D eigenvalue weighted by atomic mass is 10.3. The van der Waals surface area contributed by atoms with Crippen LogP contribution in [0.25, 0.3) is 0 Å². The van der Waals surface area contributed by atoms with Crippen molar-refractivity contribution in [3.63, 3.8) is 0 Å². The molecule has 0 aromatic carbocycles. The molecule has 0 atom stereocenters. The molecule has 0 aliphatic carbocycles. The van der Waals surface area contributed by atoms with E-state index in [1.54, 1.807) is 0 Å². The van der Waals surface area contributed by atoms with E-state index in [1.165, 1.54) is 6.07 Å². The summed E-state index contributed by atoms with van der Waals surface area (Å²) in [6.45, 7) is 0. The van der Waals surface area contributed by atoms with Crippen LogP contribution in [0.5, 0.6) is 0 Å². The molecule has 0 fully saturated rings. The molecule has 0 spiro atoms. The highest BCUT2D eigenvalue weighted by Crippen LogP contribution is 2.24. The standard InChI is InChI=1S/C6H4BrClN2O2/c7-2-1-3(8)10-5(4(2)9)6(11)12/h1H,9H2,(H,11,12). The van der Waals surface area contributed by atoms with Gasteiger partial charge in [0.25, 0.3) is 0 Å². The van der Waals surface area contributed by atoms with E-state index in [0.717, 1.165) is 0 Å². The summed E-state index contributed by atoms with van der Waals surface area (Å²) in [6.07, 6.45) is 0. The average molecular weight is 251 g/mol. The zero-order chi connectivity index (χ0) is 9.30. The number of pyridine rings is 1. The van der Waals surface area contributed by atoms with Crippen LogP contribution >= 0.6 is 27.5 Å². The molecule has 0 bridgehead atoms. The molecule has 1 heterocycles. The normalized spacial score (nSPS) is 9.83. The van der Waals surface area contributed by atoms with Crippen LogP contribution in [0.3, 0.4) is 0 Å². The number of nitrogen functional groups attached to an aromatic ring is 1. The first-order valence-electron chi connectivity index (χ1n) is 2.87. The number of aromatic carboxylic acids is 1. The van der Waals surface area contributed by atoms with Gasteiger partial charge in [-0.15, -0.1) is 0 Å². The third-order valence-electron chi connectivity index (χ3n) is 1.18. The first-order valence-corrected chi connectivity index (χ1v) is 4.04. The van der Waals surface area contributed by atoms with E-state index in [2.05, 4.69) is 20.9 Å². The lowest BCUT2D eigenvalue weighted by Crippen LogP contribution is -2.06. The van der Waals surface area contributed by atoms with Gasteiger partial charge in [-0.25, -0.2) is 9.78 Å². The summed E-state index contributed by atoms with van der Waals surface area (Å²) in [5.74, 6) is -1.20. The van der Waals surface area contributed by atoms with Crippen LogP contribution in [0.15, 0.2) is 10.5 Å². The van der Waals surface area contributed by atoms with Crippen LogP contribution < -0.4 is 5.73 Å². The first kappa shape index (κ1) is 9.28. The molecule has 1 aromatic heterocycles. The monoisotopic (exact) mass is 250 g/mol. The van der Waals surface area contributed by atoms with Crippen molar-refractivity contribution in [1.29, 1.82) is 0 Å². The topological polar surface area (TPSA) is 76.2 Å². The fourth-order valence-corrected chi connectivity index (χ4v) is 1.39. The van der Waals surface area contributed by atoms with Crippen molar-refractivity contribution < 1.29 is 9.90 Å². The van der Waals surface area contributed by atoms with Crippen LogP contribution in [0.2, 0.25) is 5.15 Å². The number of rotatable bonds is 1. The van der Waals surface area contributed by atoms with Crippen LogP contribution in [0.1, 0.15) is 10.5 Å². The van der Waals surface area contributed by atoms with Gasteiger partial charge in [-0.05, 0) is 22.0 Å². The van der Waals surface area contributed by atoms with Crippen molar-refractivity contribution >= 4 is 39.2 Å². The van der Waals surface area contributed by atoms with Gasteiger partial charge in [0.05, 0.1) is 5.69 Å². The third kappa shape index (κ3) is 1.67. The maximum absolute atomic E-state index is 10.5. The summed E-state index contributed by atoms with van der Waals surface area (Å²) < 4.78 is 0.430. The highest BCUT2D eigenvalue weighted by molar-refractivity contribution is 9.10. The van der Waals surface area contributed by atoms with E-state index < -0.39 is 5.97 Å². The predicted octanol–water partition coefficient (Wildman–Crippen LogP) is 1.78. The van der Waals surface area contributed by atoms with Gasteiger partial charge in [0.15, 0.2) is 5.69 Å². The molecule has 0 saturated heterocycles. The second-order valence-electron chi connectivity index (χ2n) is 1.99. The molecule has 1 rings (SSSR count). The van der Waals surface area contributed by atoms with Gasteiger partial charge in [0, 0.05) is 4.47 Å². The van der Waals surface area contributed by atoms with Crippen molar-refractivity contribution in [2.75, 3.05) is 5.73 Å². The number of halogens is 2. The smallest absolute Gasteiger partial charge is 0.356 e. The summed E-state index contributed by atoms with van der Waals surface area (Å²) in [7, 11) is 0. The summed E-state index contributed by atoms with van der Waals surface area (Å²) in [5.41, 5.74) is 5.24. The van der Waals surface area contributed by atoms with Crippen LogP contribution in [-0.2, 0) is 0 Å². The lowest BCUT2D eigenvalue weighted by Gasteiger charge is -2.01. The minimum absolute atomic E-state index is 0.0758. The van der Waals surface area contributed by atoms with E-state index >= 15 is 0 Å². The van der Waals surface area contributed by atoms with Crippen molar-refractivity contribution in [2.24, 2.45) is 0 Å². The van der Waals surface area contributed by atoms with Crippen LogP contribution in [0.4, 0.5) is 5.69 Å². The summed E-state index contributed by atoms with van der Waals surface area (Å²) >= 11 is 8.56. The lowest BCUT2D eigenvalue weighted by molar-refractivity contribution is 0.0691. The molecular weight excluding hydrogens is 247 g/mol. The number of nitrogens with two attached hydrogens (primary N) is 1. The quantitative estimate of drug-likeness (QED) is 0.746. The van der Waals surface area contributed by atoms with Gasteiger partial charge in [-0.1, -0.05) is 11.6 Å². The molecule has 4 nitrogen and oxygen atoms in total. The molecule has 0 amide bonds. The molecule has 0 unspecified atom stereocenters. The molecule has 64 valence electrons. The molecular formula is C6H4BrClN2O2.